The summed E-state index contributed by atoms with van der Waals surface area (Å²) in [5, 5.41) is 3.57. The molecular weight excluding hydrogens is 318 g/mol. The van der Waals surface area contributed by atoms with Crippen LogP contribution in [0.4, 0.5) is 0 Å². The molecule has 1 aliphatic rings. The molecule has 3 atom stereocenters. The van der Waals surface area contributed by atoms with Crippen LogP contribution < -0.4 is 10.1 Å². The fourth-order valence-electron chi connectivity index (χ4n) is 2.86. The van der Waals surface area contributed by atoms with Gasteiger partial charge in [0.05, 0.1) is 19.3 Å². The summed E-state index contributed by atoms with van der Waals surface area (Å²) in [7, 11) is 1.73. The molecule has 1 fully saturated rings. The van der Waals surface area contributed by atoms with Crippen molar-refractivity contribution in [1.82, 2.24) is 5.32 Å². The highest BCUT2D eigenvalue weighted by molar-refractivity contribution is 9.10. The third kappa shape index (κ3) is 3.18. The molecule has 0 aliphatic carbocycles. The third-order valence-electron chi connectivity index (χ3n) is 4.04. The fourth-order valence-corrected chi connectivity index (χ4v) is 3.22. The van der Waals surface area contributed by atoms with E-state index in [1.54, 1.807) is 7.11 Å². The number of ether oxygens (including phenoxy) is 2. The zero-order valence-corrected chi connectivity index (χ0v) is 14.3. The van der Waals surface area contributed by atoms with E-state index in [0.717, 1.165) is 29.8 Å². The van der Waals surface area contributed by atoms with Crippen LogP contribution in [0.5, 0.6) is 5.75 Å². The Bertz CT molecular complexity index is 464. The molecule has 0 spiro atoms. The van der Waals surface area contributed by atoms with E-state index in [1.807, 2.05) is 0 Å². The van der Waals surface area contributed by atoms with Crippen molar-refractivity contribution < 1.29 is 9.47 Å². The Morgan fingerprint density at radius 1 is 1.50 bits per heavy atom. The Hall–Kier alpha value is -0.580. The smallest absolute Gasteiger partial charge is 0.124 e. The standard InChI is InChI=1S/C16H24BrNO2/c1-5-18-15(16-10(2)6-7-20-16)12-9-13(17)11(3)8-14(12)19-4/h8-10,15-16,18H,5-7H2,1-4H3. The normalized spacial score (nSPS) is 23.9. The van der Waals surface area contributed by atoms with Crippen molar-refractivity contribution >= 4 is 15.9 Å². The van der Waals surface area contributed by atoms with Gasteiger partial charge in [-0.25, -0.2) is 0 Å². The summed E-state index contributed by atoms with van der Waals surface area (Å²) in [4.78, 5) is 0. The Kier molecular flexibility index (Phi) is 5.47. The zero-order valence-electron chi connectivity index (χ0n) is 12.7. The lowest BCUT2D eigenvalue weighted by Gasteiger charge is -2.29. The largest absolute Gasteiger partial charge is 0.496 e. The number of hydrogen-bond donors (Lipinski definition) is 1. The first-order valence-corrected chi connectivity index (χ1v) is 8.06. The van der Waals surface area contributed by atoms with Crippen LogP contribution in [0.15, 0.2) is 16.6 Å². The van der Waals surface area contributed by atoms with Gasteiger partial charge in [0.2, 0.25) is 0 Å². The number of nitrogens with one attached hydrogen (secondary N) is 1. The zero-order chi connectivity index (χ0) is 14.7. The Labute approximate surface area is 130 Å². The molecule has 0 radical (unpaired) electrons. The van der Waals surface area contributed by atoms with Crippen LogP contribution in [0.3, 0.4) is 0 Å². The van der Waals surface area contributed by atoms with Crippen LogP contribution in [0.2, 0.25) is 0 Å². The van der Waals surface area contributed by atoms with Crippen molar-refractivity contribution in [2.45, 2.75) is 39.3 Å². The predicted octanol–water partition coefficient (Wildman–Crippen LogP) is 3.84. The second-order valence-electron chi connectivity index (χ2n) is 5.48. The molecule has 3 nitrogen and oxygen atoms in total. The average molecular weight is 342 g/mol. The van der Waals surface area contributed by atoms with Gasteiger partial charge >= 0.3 is 0 Å². The molecule has 0 bridgehead atoms. The number of likely N-dealkylation sites (N-methyl/N-ethyl adjacent to an activating group) is 1. The maximum Gasteiger partial charge on any atom is 0.124 e. The minimum atomic E-state index is 0.171. The Balaban J connectivity index is 2.40. The Morgan fingerprint density at radius 2 is 2.25 bits per heavy atom. The van der Waals surface area contributed by atoms with Crippen molar-refractivity contribution in [3.63, 3.8) is 0 Å². The van der Waals surface area contributed by atoms with Crippen LogP contribution in [0.25, 0.3) is 0 Å². The fraction of sp³-hybridized carbons (Fsp3) is 0.625. The number of halogens is 1. The number of hydrogen-bond acceptors (Lipinski definition) is 3. The third-order valence-corrected chi connectivity index (χ3v) is 4.90. The Morgan fingerprint density at radius 3 is 2.80 bits per heavy atom. The van der Waals surface area contributed by atoms with Gasteiger partial charge in [0.25, 0.3) is 0 Å². The highest BCUT2D eigenvalue weighted by atomic mass is 79.9. The molecule has 20 heavy (non-hydrogen) atoms. The molecule has 0 amide bonds. The minimum Gasteiger partial charge on any atom is -0.496 e. The van der Waals surface area contributed by atoms with Crippen LogP contribution in [-0.4, -0.2) is 26.4 Å². The van der Waals surface area contributed by atoms with Crippen LogP contribution >= 0.6 is 15.9 Å². The number of aryl methyl sites for hydroxylation is 1. The molecule has 2 rings (SSSR count). The first-order chi connectivity index (χ1) is 9.58. The van der Waals surface area contributed by atoms with Gasteiger partial charge < -0.3 is 14.8 Å². The van der Waals surface area contributed by atoms with Gasteiger partial charge in [-0.3, -0.25) is 0 Å². The number of methoxy groups -OCH3 is 1. The molecule has 1 aliphatic heterocycles. The highest BCUT2D eigenvalue weighted by Gasteiger charge is 2.34. The first kappa shape index (κ1) is 15.8. The van der Waals surface area contributed by atoms with Gasteiger partial charge in [-0.1, -0.05) is 29.8 Å². The summed E-state index contributed by atoms with van der Waals surface area (Å²) in [5.41, 5.74) is 2.35. The molecule has 4 heteroatoms. The summed E-state index contributed by atoms with van der Waals surface area (Å²) in [5.74, 6) is 1.49. The van der Waals surface area contributed by atoms with E-state index >= 15 is 0 Å². The van der Waals surface area contributed by atoms with E-state index in [1.165, 1.54) is 11.1 Å². The summed E-state index contributed by atoms with van der Waals surface area (Å²) in [6.45, 7) is 8.22. The van der Waals surface area contributed by atoms with Crippen molar-refractivity contribution in [2.24, 2.45) is 5.92 Å². The molecule has 1 saturated heterocycles. The van der Waals surface area contributed by atoms with Crippen molar-refractivity contribution in [3.05, 3.63) is 27.7 Å². The van der Waals surface area contributed by atoms with Crippen molar-refractivity contribution in [1.29, 1.82) is 0 Å². The summed E-state index contributed by atoms with van der Waals surface area (Å²) in [6, 6.07) is 4.42. The number of rotatable bonds is 5. The summed E-state index contributed by atoms with van der Waals surface area (Å²) < 4.78 is 12.7. The molecule has 3 unspecified atom stereocenters. The topological polar surface area (TPSA) is 30.5 Å². The lowest BCUT2D eigenvalue weighted by Crippen LogP contribution is -2.35. The van der Waals surface area contributed by atoms with E-state index in [-0.39, 0.29) is 12.1 Å². The monoisotopic (exact) mass is 341 g/mol. The summed E-state index contributed by atoms with van der Waals surface area (Å²) >= 11 is 3.63. The predicted molar refractivity (Wildman–Crippen MR) is 85.4 cm³/mol. The van der Waals surface area contributed by atoms with E-state index in [9.17, 15) is 0 Å². The van der Waals surface area contributed by atoms with E-state index < -0.39 is 0 Å². The van der Waals surface area contributed by atoms with Gasteiger partial charge in [-0.15, -0.1) is 0 Å². The highest BCUT2D eigenvalue weighted by Crippen LogP contribution is 2.37. The second-order valence-corrected chi connectivity index (χ2v) is 6.33. The molecular formula is C16H24BrNO2. The van der Waals surface area contributed by atoms with E-state index in [4.69, 9.17) is 9.47 Å². The molecule has 112 valence electrons. The quantitative estimate of drug-likeness (QED) is 0.882. The molecule has 1 N–H and O–H groups in total. The maximum atomic E-state index is 5.97. The molecule has 0 aromatic heterocycles. The van der Waals surface area contributed by atoms with Gasteiger partial charge in [0, 0.05) is 16.6 Å². The van der Waals surface area contributed by atoms with Gasteiger partial charge in [0.1, 0.15) is 5.75 Å². The van der Waals surface area contributed by atoms with Gasteiger partial charge in [-0.05, 0) is 43.5 Å². The first-order valence-electron chi connectivity index (χ1n) is 7.27. The van der Waals surface area contributed by atoms with Gasteiger partial charge in [0.15, 0.2) is 0 Å². The summed E-state index contributed by atoms with van der Waals surface area (Å²) in [6.07, 6.45) is 1.33. The van der Waals surface area contributed by atoms with Gasteiger partial charge in [-0.2, -0.15) is 0 Å². The maximum absolute atomic E-state index is 5.97. The van der Waals surface area contributed by atoms with E-state index in [2.05, 4.69) is 54.2 Å². The molecule has 1 aromatic rings. The average Bonchev–Trinajstić information content (AvgIpc) is 2.85. The molecule has 1 heterocycles. The van der Waals surface area contributed by atoms with Crippen LogP contribution in [-0.2, 0) is 4.74 Å². The SMILES string of the molecule is CCNC(c1cc(Br)c(C)cc1OC)C1OCCC1C. The van der Waals surface area contributed by atoms with Crippen molar-refractivity contribution in [2.75, 3.05) is 20.3 Å². The lowest BCUT2D eigenvalue weighted by atomic mass is 9.91. The second kappa shape index (κ2) is 6.92. The van der Waals surface area contributed by atoms with Crippen LogP contribution in [0.1, 0.15) is 37.4 Å². The number of benzene rings is 1. The van der Waals surface area contributed by atoms with E-state index in [0.29, 0.717) is 5.92 Å². The molecule has 1 aromatic carbocycles. The minimum absolute atomic E-state index is 0.171. The van der Waals surface area contributed by atoms with Crippen molar-refractivity contribution in [3.8, 4) is 5.75 Å². The molecule has 0 saturated carbocycles. The van der Waals surface area contributed by atoms with Crippen LogP contribution in [0, 0.1) is 12.8 Å². The lowest BCUT2D eigenvalue weighted by molar-refractivity contribution is 0.0604.